The average molecular weight is 360 g/mol. The number of carbonyl (C=O) groups excluding carboxylic acids is 2. The van der Waals surface area contributed by atoms with Crippen LogP contribution in [0.3, 0.4) is 0 Å². The van der Waals surface area contributed by atoms with Gasteiger partial charge in [0, 0.05) is 31.3 Å². The molecule has 2 aromatic rings. The van der Waals surface area contributed by atoms with Crippen molar-refractivity contribution in [2.45, 2.75) is 0 Å². The van der Waals surface area contributed by atoms with Crippen molar-refractivity contribution >= 4 is 11.8 Å². The molecule has 0 saturated heterocycles. The third kappa shape index (κ3) is 5.29. The average Bonchev–Trinajstić information content (AvgIpc) is 2.65. The molecule has 0 atom stereocenters. The summed E-state index contributed by atoms with van der Waals surface area (Å²) in [5.74, 6) is -0.405. The molecule has 2 N–H and O–H groups in total. The zero-order valence-electron chi connectivity index (χ0n) is 14.7. The Bertz CT molecular complexity index is 780. The van der Waals surface area contributed by atoms with Crippen molar-refractivity contribution < 1.29 is 23.5 Å². The zero-order chi connectivity index (χ0) is 18.9. The lowest BCUT2D eigenvalue weighted by Crippen LogP contribution is -2.36. The maximum absolute atomic E-state index is 13.6. The van der Waals surface area contributed by atoms with Crippen LogP contribution >= 0.6 is 0 Å². The van der Waals surface area contributed by atoms with Gasteiger partial charge in [-0.2, -0.15) is 0 Å². The fourth-order valence-corrected chi connectivity index (χ4v) is 2.40. The molecule has 138 valence electrons. The first-order valence-electron chi connectivity index (χ1n) is 8.03. The standard InChI is InChI=1S/C19H21FN2O4/c1-25-12-18(23)21-8-9-22-19(24)14-5-3-4-13(10-14)16-11-15(20)6-7-17(16)26-2/h3-7,10-11H,8-9,12H2,1-2H3,(H,21,23)(H,22,24). The number of ether oxygens (including phenoxy) is 2. The maximum Gasteiger partial charge on any atom is 0.251 e. The van der Waals surface area contributed by atoms with Crippen molar-refractivity contribution in [2.75, 3.05) is 33.9 Å². The van der Waals surface area contributed by atoms with Gasteiger partial charge in [0.15, 0.2) is 0 Å². The second-order valence-corrected chi connectivity index (χ2v) is 5.46. The van der Waals surface area contributed by atoms with Crippen LogP contribution in [0.1, 0.15) is 10.4 Å². The molecule has 2 amide bonds. The van der Waals surface area contributed by atoms with Gasteiger partial charge in [0.2, 0.25) is 5.91 Å². The Kier molecular flexibility index (Phi) is 7.11. The second kappa shape index (κ2) is 9.53. The van der Waals surface area contributed by atoms with E-state index in [1.807, 2.05) is 0 Å². The third-order valence-electron chi connectivity index (χ3n) is 3.61. The highest BCUT2D eigenvalue weighted by molar-refractivity contribution is 5.95. The van der Waals surface area contributed by atoms with Gasteiger partial charge in [0.25, 0.3) is 5.91 Å². The van der Waals surface area contributed by atoms with Gasteiger partial charge in [-0.05, 0) is 35.9 Å². The van der Waals surface area contributed by atoms with E-state index in [4.69, 9.17) is 9.47 Å². The number of rotatable bonds is 8. The maximum atomic E-state index is 13.6. The quantitative estimate of drug-likeness (QED) is 0.706. The van der Waals surface area contributed by atoms with Crippen LogP contribution in [0.15, 0.2) is 42.5 Å². The molecule has 0 aliphatic heterocycles. The number of benzene rings is 2. The summed E-state index contributed by atoms with van der Waals surface area (Å²) in [5, 5.41) is 5.33. The molecule has 7 heteroatoms. The molecule has 0 bridgehead atoms. The fraction of sp³-hybridized carbons (Fsp3) is 0.263. The summed E-state index contributed by atoms with van der Waals surface area (Å²) < 4.78 is 23.5. The summed E-state index contributed by atoms with van der Waals surface area (Å²) in [6.07, 6.45) is 0. The molecule has 0 spiro atoms. The van der Waals surface area contributed by atoms with E-state index in [0.717, 1.165) is 0 Å². The van der Waals surface area contributed by atoms with Crippen LogP contribution in [0, 0.1) is 5.82 Å². The molecular weight excluding hydrogens is 339 g/mol. The van der Waals surface area contributed by atoms with Crippen molar-refractivity contribution in [3.63, 3.8) is 0 Å². The van der Waals surface area contributed by atoms with Crippen molar-refractivity contribution in [1.82, 2.24) is 10.6 Å². The highest BCUT2D eigenvalue weighted by Crippen LogP contribution is 2.31. The summed E-state index contributed by atoms with van der Waals surface area (Å²) >= 11 is 0. The highest BCUT2D eigenvalue weighted by Gasteiger charge is 2.11. The molecule has 26 heavy (non-hydrogen) atoms. The van der Waals surface area contributed by atoms with Gasteiger partial charge in [0.1, 0.15) is 18.2 Å². The normalized spacial score (nSPS) is 10.3. The van der Waals surface area contributed by atoms with Gasteiger partial charge >= 0.3 is 0 Å². The lowest BCUT2D eigenvalue weighted by molar-refractivity contribution is -0.124. The van der Waals surface area contributed by atoms with E-state index >= 15 is 0 Å². The summed E-state index contributed by atoms with van der Waals surface area (Å²) in [4.78, 5) is 23.5. The molecule has 0 aliphatic rings. The van der Waals surface area contributed by atoms with Gasteiger partial charge < -0.3 is 20.1 Å². The molecule has 0 fully saturated rings. The van der Waals surface area contributed by atoms with E-state index in [0.29, 0.717) is 29.0 Å². The van der Waals surface area contributed by atoms with E-state index in [1.165, 1.54) is 26.4 Å². The molecule has 0 radical (unpaired) electrons. The number of nitrogens with one attached hydrogen (secondary N) is 2. The summed E-state index contributed by atoms with van der Waals surface area (Å²) in [7, 11) is 2.94. The Morgan fingerprint density at radius 1 is 1.04 bits per heavy atom. The number of carbonyl (C=O) groups is 2. The number of methoxy groups -OCH3 is 2. The summed E-state index contributed by atoms with van der Waals surface area (Å²) in [5.41, 5.74) is 1.66. The molecule has 0 unspecified atom stereocenters. The van der Waals surface area contributed by atoms with E-state index in [2.05, 4.69) is 10.6 Å². The monoisotopic (exact) mass is 360 g/mol. The third-order valence-corrected chi connectivity index (χ3v) is 3.61. The Labute approximate surface area is 151 Å². The lowest BCUT2D eigenvalue weighted by Gasteiger charge is -2.11. The van der Waals surface area contributed by atoms with Crippen LogP contribution in [0.25, 0.3) is 11.1 Å². The molecule has 0 aliphatic carbocycles. The van der Waals surface area contributed by atoms with E-state index in [9.17, 15) is 14.0 Å². The Hall–Kier alpha value is -2.93. The van der Waals surface area contributed by atoms with Crippen LogP contribution < -0.4 is 15.4 Å². The predicted octanol–water partition coefficient (Wildman–Crippen LogP) is 1.99. The number of hydrogen-bond acceptors (Lipinski definition) is 4. The Balaban J connectivity index is 2.04. The van der Waals surface area contributed by atoms with Crippen LogP contribution in [-0.4, -0.2) is 45.7 Å². The van der Waals surface area contributed by atoms with Crippen LogP contribution in [0.5, 0.6) is 5.75 Å². The van der Waals surface area contributed by atoms with Crippen LogP contribution in [-0.2, 0) is 9.53 Å². The predicted molar refractivity (Wildman–Crippen MR) is 95.6 cm³/mol. The van der Waals surface area contributed by atoms with E-state index in [-0.39, 0.29) is 30.8 Å². The SMILES string of the molecule is COCC(=O)NCCNC(=O)c1cccc(-c2cc(F)ccc2OC)c1. The van der Waals surface area contributed by atoms with E-state index in [1.54, 1.807) is 30.3 Å². The topological polar surface area (TPSA) is 76.7 Å². The van der Waals surface area contributed by atoms with Gasteiger partial charge in [-0.3, -0.25) is 9.59 Å². The number of hydrogen-bond donors (Lipinski definition) is 2. The first-order chi connectivity index (χ1) is 12.5. The molecule has 2 rings (SSSR count). The van der Waals surface area contributed by atoms with E-state index < -0.39 is 0 Å². The van der Waals surface area contributed by atoms with Crippen molar-refractivity contribution in [1.29, 1.82) is 0 Å². The molecule has 0 heterocycles. The van der Waals surface area contributed by atoms with Crippen molar-refractivity contribution in [3.05, 3.63) is 53.8 Å². The fourth-order valence-electron chi connectivity index (χ4n) is 2.40. The summed E-state index contributed by atoms with van der Waals surface area (Å²) in [6, 6.07) is 11.0. The molecule has 0 aromatic heterocycles. The minimum atomic E-state index is -0.387. The lowest BCUT2D eigenvalue weighted by atomic mass is 10.0. The van der Waals surface area contributed by atoms with Crippen LogP contribution in [0.2, 0.25) is 0 Å². The van der Waals surface area contributed by atoms with Gasteiger partial charge in [-0.1, -0.05) is 12.1 Å². The highest BCUT2D eigenvalue weighted by atomic mass is 19.1. The Morgan fingerprint density at radius 3 is 2.54 bits per heavy atom. The zero-order valence-corrected chi connectivity index (χ0v) is 14.7. The largest absolute Gasteiger partial charge is 0.496 e. The molecule has 0 saturated carbocycles. The van der Waals surface area contributed by atoms with Gasteiger partial charge in [0.05, 0.1) is 7.11 Å². The number of amides is 2. The molecule has 2 aromatic carbocycles. The minimum Gasteiger partial charge on any atom is -0.496 e. The number of halogens is 1. The van der Waals surface area contributed by atoms with Gasteiger partial charge in [-0.25, -0.2) is 4.39 Å². The van der Waals surface area contributed by atoms with Crippen LogP contribution in [0.4, 0.5) is 4.39 Å². The van der Waals surface area contributed by atoms with Crippen molar-refractivity contribution in [3.8, 4) is 16.9 Å². The minimum absolute atomic E-state index is 0.0224. The van der Waals surface area contributed by atoms with Crippen molar-refractivity contribution in [2.24, 2.45) is 0 Å². The molecular formula is C19H21FN2O4. The molecule has 6 nitrogen and oxygen atoms in total. The van der Waals surface area contributed by atoms with Gasteiger partial charge in [-0.15, -0.1) is 0 Å². The smallest absolute Gasteiger partial charge is 0.251 e. The Morgan fingerprint density at radius 2 is 1.81 bits per heavy atom. The second-order valence-electron chi connectivity index (χ2n) is 5.46. The first kappa shape index (κ1) is 19.4. The first-order valence-corrected chi connectivity index (χ1v) is 8.03. The summed E-state index contributed by atoms with van der Waals surface area (Å²) in [6.45, 7) is 0.554.